The lowest BCUT2D eigenvalue weighted by molar-refractivity contribution is 0.195. The van der Waals surface area contributed by atoms with Crippen LogP contribution in [0.5, 0.6) is 0 Å². The summed E-state index contributed by atoms with van der Waals surface area (Å²) in [5, 5.41) is 14.5. The number of aromatic nitrogens is 3. The molecule has 0 bridgehead atoms. The molecule has 2 aromatic heterocycles. The molecule has 7 nitrogen and oxygen atoms in total. The second-order valence-electron chi connectivity index (χ2n) is 7.50. The Bertz CT molecular complexity index is 1110. The molecule has 2 N–H and O–H groups in total. The third-order valence-electron chi connectivity index (χ3n) is 5.39. The standard InChI is InChI=1S/C21H19N3O.C3H7NO2/c1-2-6-17(5-1)24-19(13-14-22-24)15-9-11-16(12-10-15)21-23-18-7-3-4-8-20(18)25-21;1-2-4-3(5)6/h3-4,7-14,17H,1-2,5-6H2;4H,2H2,1H3,(H,5,6). The van der Waals surface area contributed by atoms with Gasteiger partial charge in [-0.2, -0.15) is 5.10 Å². The third kappa shape index (κ3) is 4.77. The monoisotopic (exact) mass is 418 g/mol. The first kappa shape index (κ1) is 20.7. The van der Waals surface area contributed by atoms with Crippen molar-refractivity contribution in [3.8, 4) is 22.7 Å². The first-order chi connectivity index (χ1) is 15.2. The van der Waals surface area contributed by atoms with Crippen LogP contribution in [-0.4, -0.2) is 32.5 Å². The molecule has 0 aliphatic heterocycles. The molecule has 0 radical (unpaired) electrons. The lowest BCUT2D eigenvalue weighted by atomic mass is 10.1. The van der Waals surface area contributed by atoms with E-state index in [1.807, 2.05) is 30.5 Å². The van der Waals surface area contributed by atoms with E-state index in [1.165, 1.54) is 36.9 Å². The number of oxazole rings is 1. The van der Waals surface area contributed by atoms with Gasteiger partial charge in [-0.25, -0.2) is 9.78 Å². The first-order valence-electron chi connectivity index (χ1n) is 10.6. The van der Waals surface area contributed by atoms with E-state index in [4.69, 9.17) is 9.52 Å². The number of nitrogens with one attached hydrogen (secondary N) is 1. The molecule has 2 heterocycles. The minimum atomic E-state index is -0.961. The Morgan fingerprint density at radius 3 is 2.45 bits per heavy atom. The van der Waals surface area contributed by atoms with E-state index in [0.717, 1.165) is 16.7 Å². The number of carbonyl (C=O) groups is 1. The topological polar surface area (TPSA) is 93.2 Å². The summed E-state index contributed by atoms with van der Waals surface area (Å²) in [5.74, 6) is 0.664. The Kier molecular flexibility index (Phi) is 6.31. The van der Waals surface area contributed by atoms with Gasteiger partial charge in [0.05, 0.1) is 11.7 Å². The minimum Gasteiger partial charge on any atom is -0.465 e. The second kappa shape index (κ2) is 9.47. The molecule has 31 heavy (non-hydrogen) atoms. The van der Waals surface area contributed by atoms with Crippen LogP contribution in [0.25, 0.3) is 33.8 Å². The molecule has 1 aliphatic carbocycles. The van der Waals surface area contributed by atoms with Crippen LogP contribution in [0, 0.1) is 0 Å². The summed E-state index contributed by atoms with van der Waals surface area (Å²) >= 11 is 0. The normalized spacial score (nSPS) is 13.7. The maximum Gasteiger partial charge on any atom is 0.404 e. The maximum absolute atomic E-state index is 9.49. The van der Waals surface area contributed by atoms with Crippen LogP contribution in [0.4, 0.5) is 4.79 Å². The Hall–Kier alpha value is -3.61. The molecule has 0 saturated heterocycles. The molecule has 0 spiro atoms. The van der Waals surface area contributed by atoms with Crippen LogP contribution in [-0.2, 0) is 0 Å². The van der Waals surface area contributed by atoms with Crippen LogP contribution in [0.15, 0.2) is 65.2 Å². The van der Waals surface area contributed by atoms with Gasteiger partial charge >= 0.3 is 6.09 Å². The quantitative estimate of drug-likeness (QED) is 0.440. The van der Waals surface area contributed by atoms with Crippen molar-refractivity contribution in [2.45, 2.75) is 38.6 Å². The van der Waals surface area contributed by atoms with Crippen molar-refractivity contribution in [3.63, 3.8) is 0 Å². The minimum absolute atomic E-state index is 0.481. The Balaban J connectivity index is 0.000000342. The molecule has 4 aromatic rings. The van der Waals surface area contributed by atoms with Gasteiger partial charge in [0.2, 0.25) is 5.89 Å². The zero-order chi connectivity index (χ0) is 21.6. The SMILES string of the molecule is CCNC(=O)O.c1ccc2oc(-c3ccc(-c4ccnn4C4CCCC4)cc3)nc2c1. The summed E-state index contributed by atoms with van der Waals surface area (Å²) in [6.07, 6.45) is 6.02. The average Bonchev–Trinajstić information content (AvgIpc) is 3.54. The van der Waals surface area contributed by atoms with Gasteiger partial charge in [0, 0.05) is 18.3 Å². The smallest absolute Gasteiger partial charge is 0.404 e. The van der Waals surface area contributed by atoms with E-state index in [2.05, 4.69) is 50.4 Å². The van der Waals surface area contributed by atoms with Crippen LogP contribution >= 0.6 is 0 Å². The lowest BCUT2D eigenvalue weighted by Gasteiger charge is -2.14. The van der Waals surface area contributed by atoms with Crippen molar-refractivity contribution in [1.29, 1.82) is 0 Å². The second-order valence-corrected chi connectivity index (χ2v) is 7.50. The van der Waals surface area contributed by atoms with Gasteiger partial charge in [0.15, 0.2) is 5.58 Å². The highest BCUT2D eigenvalue weighted by molar-refractivity contribution is 5.76. The Morgan fingerprint density at radius 1 is 1.10 bits per heavy atom. The molecule has 0 atom stereocenters. The molecule has 160 valence electrons. The van der Waals surface area contributed by atoms with E-state index in [9.17, 15) is 4.79 Å². The maximum atomic E-state index is 9.49. The highest BCUT2D eigenvalue weighted by Crippen LogP contribution is 2.33. The highest BCUT2D eigenvalue weighted by Gasteiger charge is 2.20. The molecular formula is C24H26N4O3. The largest absolute Gasteiger partial charge is 0.465 e. The number of amides is 1. The van der Waals surface area contributed by atoms with Crippen LogP contribution in [0.3, 0.4) is 0 Å². The van der Waals surface area contributed by atoms with Crippen molar-refractivity contribution in [2.24, 2.45) is 0 Å². The summed E-state index contributed by atoms with van der Waals surface area (Å²) in [6, 6.07) is 18.9. The van der Waals surface area contributed by atoms with Crippen molar-refractivity contribution in [2.75, 3.05) is 6.54 Å². The zero-order valence-corrected chi connectivity index (χ0v) is 17.5. The number of hydrogen-bond donors (Lipinski definition) is 2. The molecule has 0 unspecified atom stereocenters. The summed E-state index contributed by atoms with van der Waals surface area (Å²) in [7, 11) is 0. The number of para-hydroxylation sites is 2. The van der Waals surface area contributed by atoms with Crippen LogP contribution < -0.4 is 5.32 Å². The summed E-state index contributed by atoms with van der Waals surface area (Å²) in [6.45, 7) is 2.21. The molecular weight excluding hydrogens is 392 g/mol. The third-order valence-corrected chi connectivity index (χ3v) is 5.39. The van der Waals surface area contributed by atoms with Gasteiger partial charge in [-0.05, 0) is 55.7 Å². The lowest BCUT2D eigenvalue weighted by Crippen LogP contribution is -2.19. The van der Waals surface area contributed by atoms with E-state index < -0.39 is 6.09 Å². The van der Waals surface area contributed by atoms with E-state index in [1.54, 1.807) is 6.92 Å². The number of rotatable bonds is 4. The van der Waals surface area contributed by atoms with Crippen LogP contribution in [0.2, 0.25) is 0 Å². The van der Waals surface area contributed by atoms with Crippen molar-refractivity contribution < 1.29 is 14.3 Å². The molecule has 7 heteroatoms. The van der Waals surface area contributed by atoms with Gasteiger partial charge < -0.3 is 14.8 Å². The van der Waals surface area contributed by atoms with Crippen molar-refractivity contribution >= 4 is 17.2 Å². The highest BCUT2D eigenvalue weighted by atomic mass is 16.4. The fourth-order valence-electron chi connectivity index (χ4n) is 3.91. The van der Waals surface area contributed by atoms with Gasteiger partial charge in [-0.1, -0.05) is 37.1 Å². The number of benzene rings is 2. The summed E-state index contributed by atoms with van der Waals surface area (Å²) < 4.78 is 8.06. The van der Waals surface area contributed by atoms with Gasteiger partial charge in [-0.15, -0.1) is 0 Å². The number of hydrogen-bond acceptors (Lipinski definition) is 4. The number of carboxylic acid groups (broad SMARTS) is 1. The van der Waals surface area contributed by atoms with E-state index in [0.29, 0.717) is 18.5 Å². The molecule has 1 saturated carbocycles. The molecule has 5 rings (SSSR count). The number of fused-ring (bicyclic) bond motifs is 1. The molecule has 1 fully saturated rings. The predicted molar refractivity (Wildman–Crippen MR) is 120 cm³/mol. The fourth-order valence-corrected chi connectivity index (χ4v) is 3.91. The fraction of sp³-hybridized carbons (Fsp3) is 0.292. The van der Waals surface area contributed by atoms with Gasteiger partial charge in [-0.3, -0.25) is 4.68 Å². The van der Waals surface area contributed by atoms with E-state index >= 15 is 0 Å². The average molecular weight is 418 g/mol. The summed E-state index contributed by atoms with van der Waals surface area (Å²) in [5.41, 5.74) is 5.08. The zero-order valence-electron chi connectivity index (χ0n) is 17.5. The molecule has 2 aromatic carbocycles. The predicted octanol–water partition coefficient (Wildman–Crippen LogP) is 5.75. The first-order valence-corrected chi connectivity index (χ1v) is 10.6. The van der Waals surface area contributed by atoms with Crippen molar-refractivity contribution in [3.05, 3.63) is 60.8 Å². The summed E-state index contributed by atoms with van der Waals surface area (Å²) in [4.78, 5) is 14.1. The van der Waals surface area contributed by atoms with Gasteiger partial charge in [0.25, 0.3) is 0 Å². The Morgan fingerprint density at radius 2 is 1.81 bits per heavy atom. The Labute approximate surface area is 180 Å². The van der Waals surface area contributed by atoms with Crippen LogP contribution in [0.1, 0.15) is 38.6 Å². The molecule has 1 aliphatic rings. The van der Waals surface area contributed by atoms with Crippen molar-refractivity contribution in [1.82, 2.24) is 20.1 Å². The number of nitrogens with zero attached hydrogens (tertiary/aromatic N) is 3. The molecule has 1 amide bonds. The van der Waals surface area contributed by atoms with Gasteiger partial charge in [0.1, 0.15) is 5.52 Å². The van der Waals surface area contributed by atoms with E-state index in [-0.39, 0.29) is 0 Å².